The number of hydrogen-bond acceptors (Lipinski definition) is 2. The van der Waals surface area contributed by atoms with Crippen molar-refractivity contribution in [2.75, 3.05) is 11.9 Å². The minimum Gasteiger partial charge on any atom is -0.307 e. The van der Waals surface area contributed by atoms with Crippen LogP contribution in [0.4, 0.5) is 0 Å². The van der Waals surface area contributed by atoms with Gasteiger partial charge in [0, 0.05) is 11.8 Å². The zero-order valence-electron chi connectivity index (χ0n) is 10.6. The third-order valence-corrected chi connectivity index (χ3v) is 4.99. The Morgan fingerprint density at radius 1 is 1.18 bits per heavy atom. The molecule has 1 saturated carbocycles. The average molecular weight is 302 g/mol. The number of alkyl halides is 1. The van der Waals surface area contributed by atoms with Gasteiger partial charge in [-0.2, -0.15) is 0 Å². The van der Waals surface area contributed by atoms with Crippen molar-refractivity contribution in [3.8, 4) is 0 Å². The van der Waals surface area contributed by atoms with Gasteiger partial charge in [-0.25, -0.2) is 0 Å². The van der Waals surface area contributed by atoms with Crippen LogP contribution in [-0.4, -0.2) is 23.7 Å². The fourth-order valence-electron chi connectivity index (χ4n) is 3.51. The zero-order valence-corrected chi connectivity index (χ0v) is 12.2. The first-order chi connectivity index (χ1) is 8.33. The Kier molecular flexibility index (Phi) is 5.49. The highest BCUT2D eigenvalue weighted by molar-refractivity contribution is 9.09. The van der Waals surface area contributed by atoms with Crippen LogP contribution < -0.4 is 5.32 Å². The maximum absolute atomic E-state index is 12.2. The Labute approximate surface area is 113 Å². The molecule has 1 saturated heterocycles. The number of unbranched alkanes of at least 4 members (excludes halogenated alkanes) is 1. The van der Waals surface area contributed by atoms with Gasteiger partial charge in [-0.1, -0.05) is 35.2 Å². The van der Waals surface area contributed by atoms with Crippen LogP contribution in [0.5, 0.6) is 0 Å². The molecule has 2 aliphatic rings. The van der Waals surface area contributed by atoms with Crippen LogP contribution in [-0.2, 0) is 4.79 Å². The molecule has 1 aliphatic carbocycles. The van der Waals surface area contributed by atoms with Gasteiger partial charge in [0.05, 0.1) is 6.04 Å². The van der Waals surface area contributed by atoms with Gasteiger partial charge >= 0.3 is 0 Å². The van der Waals surface area contributed by atoms with Crippen LogP contribution in [0, 0.1) is 11.8 Å². The summed E-state index contributed by atoms with van der Waals surface area (Å²) in [5.74, 6) is 1.95. The van der Waals surface area contributed by atoms with Gasteiger partial charge in [0.25, 0.3) is 0 Å². The van der Waals surface area contributed by atoms with Crippen molar-refractivity contribution >= 4 is 21.7 Å². The fraction of sp³-hybridized carbons (Fsp3) is 0.929. The summed E-state index contributed by atoms with van der Waals surface area (Å²) in [5.41, 5.74) is 0. The number of fused-ring (bicyclic) bond motifs is 1. The van der Waals surface area contributed by atoms with Crippen LogP contribution in [0.2, 0.25) is 0 Å². The molecular formula is C14H24BrNO. The van der Waals surface area contributed by atoms with Crippen molar-refractivity contribution in [3.63, 3.8) is 0 Å². The molecule has 0 bridgehead atoms. The second-order valence-electron chi connectivity index (χ2n) is 5.54. The topological polar surface area (TPSA) is 29.1 Å². The van der Waals surface area contributed by atoms with Gasteiger partial charge in [-0.05, 0) is 44.1 Å². The molecule has 1 aliphatic heterocycles. The van der Waals surface area contributed by atoms with Crippen LogP contribution in [0.3, 0.4) is 0 Å². The molecule has 3 atom stereocenters. The molecule has 0 radical (unpaired) electrons. The van der Waals surface area contributed by atoms with Crippen molar-refractivity contribution in [3.05, 3.63) is 0 Å². The van der Waals surface area contributed by atoms with E-state index in [4.69, 9.17) is 0 Å². The van der Waals surface area contributed by atoms with Crippen LogP contribution in [0.1, 0.15) is 51.4 Å². The highest BCUT2D eigenvalue weighted by Gasteiger charge is 2.37. The normalized spacial score (nSPS) is 33.1. The predicted octanol–water partition coefficient (Wildman–Crippen LogP) is 3.29. The first-order valence-electron chi connectivity index (χ1n) is 7.15. The molecule has 2 fully saturated rings. The summed E-state index contributed by atoms with van der Waals surface area (Å²) in [6.45, 7) is 1.05. The van der Waals surface area contributed by atoms with E-state index in [9.17, 15) is 4.79 Å². The van der Waals surface area contributed by atoms with Gasteiger partial charge in [0.2, 0.25) is 0 Å². The summed E-state index contributed by atoms with van der Waals surface area (Å²) in [6.07, 6.45) is 9.55. The molecule has 0 amide bonds. The Morgan fingerprint density at radius 2 is 2.00 bits per heavy atom. The van der Waals surface area contributed by atoms with E-state index in [1.165, 1.54) is 32.1 Å². The lowest BCUT2D eigenvalue weighted by Gasteiger charge is -2.41. The summed E-state index contributed by atoms with van der Waals surface area (Å²) in [6, 6.07) is 0.185. The number of Topliss-reactive ketones (excluding diaryl/α,β-unsaturated/α-hetero) is 1. The van der Waals surface area contributed by atoms with Gasteiger partial charge in [-0.3, -0.25) is 4.79 Å². The quantitative estimate of drug-likeness (QED) is 0.624. The summed E-state index contributed by atoms with van der Waals surface area (Å²) in [5, 5.41) is 4.50. The highest BCUT2D eigenvalue weighted by atomic mass is 79.9. The van der Waals surface area contributed by atoms with E-state index in [1.54, 1.807) is 0 Å². The zero-order chi connectivity index (χ0) is 12.1. The molecule has 2 rings (SSSR count). The number of piperidine rings is 1. The minimum atomic E-state index is 0.185. The Morgan fingerprint density at radius 3 is 2.82 bits per heavy atom. The molecule has 0 aromatic heterocycles. The number of carbonyl (C=O) groups excluding carboxylic acids is 1. The standard InChI is InChI=1S/C14H24BrNO/c15-9-4-3-7-13(17)14-12-6-2-1-5-11(12)8-10-16-14/h11-12,14,16H,1-10H2. The monoisotopic (exact) mass is 301 g/mol. The number of halogens is 1. The molecule has 0 spiro atoms. The first-order valence-corrected chi connectivity index (χ1v) is 8.27. The molecule has 2 nitrogen and oxygen atoms in total. The number of ketones is 1. The second-order valence-corrected chi connectivity index (χ2v) is 6.33. The van der Waals surface area contributed by atoms with E-state index in [2.05, 4.69) is 21.2 Å². The van der Waals surface area contributed by atoms with Crippen molar-refractivity contribution < 1.29 is 4.79 Å². The van der Waals surface area contributed by atoms with E-state index in [-0.39, 0.29) is 6.04 Å². The van der Waals surface area contributed by atoms with Crippen molar-refractivity contribution in [2.24, 2.45) is 11.8 Å². The van der Waals surface area contributed by atoms with E-state index in [0.717, 1.165) is 37.1 Å². The van der Waals surface area contributed by atoms with Crippen LogP contribution in [0.25, 0.3) is 0 Å². The maximum atomic E-state index is 12.2. The van der Waals surface area contributed by atoms with Crippen LogP contribution >= 0.6 is 15.9 Å². The van der Waals surface area contributed by atoms with Crippen molar-refractivity contribution in [2.45, 2.75) is 57.4 Å². The van der Waals surface area contributed by atoms with Gasteiger partial charge in [-0.15, -0.1) is 0 Å². The molecule has 3 heteroatoms. The third kappa shape index (κ3) is 3.54. The minimum absolute atomic E-state index is 0.185. The molecule has 0 aromatic rings. The lowest BCUT2D eigenvalue weighted by atomic mass is 9.70. The molecule has 17 heavy (non-hydrogen) atoms. The maximum Gasteiger partial charge on any atom is 0.150 e. The van der Waals surface area contributed by atoms with Crippen LogP contribution in [0.15, 0.2) is 0 Å². The van der Waals surface area contributed by atoms with Gasteiger partial charge < -0.3 is 5.32 Å². The fourth-order valence-corrected chi connectivity index (χ4v) is 3.91. The Hall–Kier alpha value is 0.110. The lowest BCUT2D eigenvalue weighted by molar-refractivity contribution is -0.124. The molecule has 0 aromatic carbocycles. The molecule has 3 unspecified atom stereocenters. The smallest absolute Gasteiger partial charge is 0.150 e. The van der Waals surface area contributed by atoms with Crippen molar-refractivity contribution in [1.29, 1.82) is 0 Å². The predicted molar refractivity (Wildman–Crippen MR) is 74.5 cm³/mol. The molecule has 98 valence electrons. The Bertz CT molecular complexity index is 255. The van der Waals surface area contributed by atoms with E-state index in [1.807, 2.05) is 0 Å². The highest BCUT2D eigenvalue weighted by Crippen LogP contribution is 2.37. The van der Waals surface area contributed by atoms with Crippen molar-refractivity contribution in [1.82, 2.24) is 5.32 Å². The number of nitrogens with one attached hydrogen (secondary N) is 1. The Balaban J connectivity index is 1.87. The third-order valence-electron chi connectivity index (χ3n) is 4.43. The number of carbonyl (C=O) groups is 1. The molecule has 1 heterocycles. The summed E-state index contributed by atoms with van der Waals surface area (Å²) in [4.78, 5) is 12.2. The average Bonchev–Trinajstić information content (AvgIpc) is 2.38. The van der Waals surface area contributed by atoms with E-state index >= 15 is 0 Å². The van der Waals surface area contributed by atoms with E-state index in [0.29, 0.717) is 11.7 Å². The number of hydrogen-bond donors (Lipinski definition) is 1. The summed E-state index contributed by atoms with van der Waals surface area (Å²) < 4.78 is 0. The molecular weight excluding hydrogens is 278 g/mol. The first kappa shape index (κ1) is 13.5. The van der Waals surface area contributed by atoms with Gasteiger partial charge in [0.15, 0.2) is 0 Å². The molecule has 1 N–H and O–H groups in total. The summed E-state index contributed by atoms with van der Waals surface area (Å²) in [7, 11) is 0. The largest absolute Gasteiger partial charge is 0.307 e. The van der Waals surface area contributed by atoms with E-state index < -0.39 is 0 Å². The van der Waals surface area contributed by atoms with Gasteiger partial charge in [0.1, 0.15) is 5.78 Å². The second kappa shape index (κ2) is 6.89. The number of rotatable bonds is 5. The SMILES string of the molecule is O=C(CCCCBr)C1NCCC2CCCCC21. The summed E-state index contributed by atoms with van der Waals surface area (Å²) >= 11 is 3.42. The lowest BCUT2D eigenvalue weighted by Crippen LogP contribution is -2.51.